The zero-order valence-electron chi connectivity index (χ0n) is 16.7. The van der Waals surface area contributed by atoms with Crippen LogP contribution in [-0.2, 0) is 11.2 Å². The standard InChI is InChI=1S/C23H24N4O3/c28-21(12-11-20-25-22(26-30-20)17-7-3-1-4-8-17)27-15-13-19(14-16-27)24-23(29)18-9-5-2-6-10-18/h1-10,19H,11-16H2,(H,24,29). The number of nitrogens with one attached hydrogen (secondary N) is 1. The van der Waals surface area contributed by atoms with Crippen LogP contribution in [0.1, 0.15) is 35.5 Å². The molecule has 1 saturated heterocycles. The molecule has 1 aliphatic heterocycles. The van der Waals surface area contributed by atoms with Crippen molar-refractivity contribution in [2.45, 2.75) is 31.7 Å². The summed E-state index contributed by atoms with van der Waals surface area (Å²) in [6, 6.07) is 18.9. The molecule has 3 aromatic rings. The van der Waals surface area contributed by atoms with Crippen molar-refractivity contribution in [3.8, 4) is 11.4 Å². The van der Waals surface area contributed by atoms with Crippen molar-refractivity contribution in [1.29, 1.82) is 0 Å². The van der Waals surface area contributed by atoms with Crippen molar-refractivity contribution in [2.24, 2.45) is 0 Å². The van der Waals surface area contributed by atoms with E-state index in [-0.39, 0.29) is 17.9 Å². The van der Waals surface area contributed by atoms with E-state index in [2.05, 4.69) is 15.5 Å². The molecule has 1 aliphatic rings. The predicted octanol–water partition coefficient (Wildman–Crippen LogP) is 3.09. The summed E-state index contributed by atoms with van der Waals surface area (Å²) in [7, 11) is 0. The normalized spacial score (nSPS) is 14.5. The van der Waals surface area contributed by atoms with Gasteiger partial charge >= 0.3 is 0 Å². The van der Waals surface area contributed by atoms with Gasteiger partial charge in [-0.25, -0.2) is 0 Å². The van der Waals surface area contributed by atoms with Gasteiger partial charge in [-0.3, -0.25) is 9.59 Å². The molecule has 30 heavy (non-hydrogen) atoms. The first-order chi connectivity index (χ1) is 14.7. The number of aromatic nitrogens is 2. The number of nitrogens with zero attached hydrogens (tertiary/aromatic N) is 3. The lowest BCUT2D eigenvalue weighted by Gasteiger charge is -2.32. The molecule has 0 saturated carbocycles. The molecule has 1 N–H and O–H groups in total. The maximum absolute atomic E-state index is 12.5. The van der Waals surface area contributed by atoms with Crippen molar-refractivity contribution in [2.75, 3.05) is 13.1 Å². The van der Waals surface area contributed by atoms with E-state index < -0.39 is 0 Å². The molecule has 2 aromatic carbocycles. The van der Waals surface area contributed by atoms with Crippen molar-refractivity contribution < 1.29 is 14.1 Å². The number of hydrogen-bond donors (Lipinski definition) is 1. The number of carbonyl (C=O) groups is 2. The molecule has 0 aliphatic carbocycles. The summed E-state index contributed by atoms with van der Waals surface area (Å²) in [4.78, 5) is 31.0. The molecule has 7 nitrogen and oxygen atoms in total. The van der Waals surface area contributed by atoms with Gasteiger partial charge in [0.2, 0.25) is 17.6 Å². The summed E-state index contributed by atoms with van der Waals surface area (Å²) < 4.78 is 5.28. The molecule has 1 fully saturated rings. The maximum atomic E-state index is 12.5. The maximum Gasteiger partial charge on any atom is 0.251 e. The van der Waals surface area contributed by atoms with E-state index in [1.807, 2.05) is 53.4 Å². The summed E-state index contributed by atoms with van der Waals surface area (Å²) in [6.45, 7) is 1.27. The second-order valence-corrected chi connectivity index (χ2v) is 7.37. The van der Waals surface area contributed by atoms with Crippen molar-refractivity contribution >= 4 is 11.8 Å². The third-order valence-electron chi connectivity index (χ3n) is 5.27. The Morgan fingerprint density at radius 2 is 1.67 bits per heavy atom. The van der Waals surface area contributed by atoms with Crippen LogP contribution in [-0.4, -0.2) is 46.0 Å². The fourth-order valence-corrected chi connectivity index (χ4v) is 3.56. The van der Waals surface area contributed by atoms with Gasteiger partial charge < -0.3 is 14.7 Å². The van der Waals surface area contributed by atoms with Crippen molar-refractivity contribution in [1.82, 2.24) is 20.4 Å². The molecule has 1 aromatic heterocycles. The van der Waals surface area contributed by atoms with Gasteiger partial charge in [-0.15, -0.1) is 0 Å². The molecule has 4 rings (SSSR count). The fourth-order valence-electron chi connectivity index (χ4n) is 3.56. The molecule has 0 unspecified atom stereocenters. The van der Waals surface area contributed by atoms with E-state index in [9.17, 15) is 9.59 Å². The van der Waals surface area contributed by atoms with Crippen LogP contribution in [0.15, 0.2) is 65.2 Å². The molecule has 2 amide bonds. The number of benzene rings is 2. The number of carbonyl (C=O) groups excluding carboxylic acids is 2. The Bertz CT molecular complexity index is 980. The Morgan fingerprint density at radius 3 is 2.37 bits per heavy atom. The molecule has 0 bridgehead atoms. The lowest BCUT2D eigenvalue weighted by Crippen LogP contribution is -2.46. The minimum atomic E-state index is -0.0639. The number of amides is 2. The Labute approximate surface area is 175 Å². The number of aryl methyl sites for hydroxylation is 1. The van der Waals surface area contributed by atoms with Gasteiger partial charge in [-0.05, 0) is 25.0 Å². The number of rotatable bonds is 6. The minimum absolute atomic E-state index is 0.0639. The van der Waals surface area contributed by atoms with Gasteiger partial charge in [0.15, 0.2) is 0 Å². The van der Waals surface area contributed by atoms with Gasteiger partial charge in [-0.1, -0.05) is 53.7 Å². The van der Waals surface area contributed by atoms with Gasteiger partial charge in [0.25, 0.3) is 5.91 Å². The van der Waals surface area contributed by atoms with Crippen molar-refractivity contribution in [3.63, 3.8) is 0 Å². The highest BCUT2D eigenvalue weighted by atomic mass is 16.5. The Hall–Kier alpha value is -3.48. The summed E-state index contributed by atoms with van der Waals surface area (Å²) in [5.41, 5.74) is 1.55. The van der Waals surface area contributed by atoms with Crippen LogP contribution in [0.3, 0.4) is 0 Å². The van der Waals surface area contributed by atoms with E-state index in [0.29, 0.717) is 43.2 Å². The van der Waals surface area contributed by atoms with Crippen LogP contribution < -0.4 is 5.32 Å². The predicted molar refractivity (Wildman–Crippen MR) is 112 cm³/mol. The molecular weight excluding hydrogens is 380 g/mol. The van der Waals surface area contributed by atoms with Crippen molar-refractivity contribution in [3.05, 3.63) is 72.1 Å². The molecule has 7 heteroatoms. The quantitative estimate of drug-likeness (QED) is 0.682. The van der Waals surface area contributed by atoms with E-state index in [1.165, 1.54) is 0 Å². The lowest BCUT2D eigenvalue weighted by molar-refractivity contribution is -0.132. The van der Waals surface area contributed by atoms with E-state index in [4.69, 9.17) is 4.52 Å². The SMILES string of the molecule is O=C(NC1CCN(C(=O)CCc2nc(-c3ccccc3)no2)CC1)c1ccccc1. The molecule has 0 spiro atoms. The van der Waals surface area contributed by atoms with Crippen LogP contribution >= 0.6 is 0 Å². The zero-order valence-corrected chi connectivity index (χ0v) is 16.7. The van der Waals surface area contributed by atoms with Crippen LogP contribution in [0.25, 0.3) is 11.4 Å². The molecule has 0 radical (unpaired) electrons. The first-order valence-electron chi connectivity index (χ1n) is 10.2. The largest absolute Gasteiger partial charge is 0.349 e. The van der Waals surface area contributed by atoms with Crippen LogP contribution in [0.5, 0.6) is 0 Å². The lowest BCUT2D eigenvalue weighted by atomic mass is 10.0. The average molecular weight is 404 g/mol. The third kappa shape index (κ3) is 4.92. The summed E-state index contributed by atoms with van der Waals surface area (Å²) in [5.74, 6) is 1.01. The van der Waals surface area contributed by atoms with Gasteiger partial charge in [-0.2, -0.15) is 4.98 Å². The highest BCUT2D eigenvalue weighted by Gasteiger charge is 2.24. The van der Waals surface area contributed by atoms with Crippen LogP contribution in [0, 0.1) is 0 Å². The van der Waals surface area contributed by atoms with E-state index in [0.717, 1.165) is 18.4 Å². The Kier molecular flexibility index (Phi) is 6.17. The summed E-state index contributed by atoms with van der Waals surface area (Å²) >= 11 is 0. The first kappa shape index (κ1) is 19.8. The Balaban J connectivity index is 1.22. The van der Waals surface area contributed by atoms with Crippen LogP contribution in [0.2, 0.25) is 0 Å². The number of piperidine rings is 1. The minimum Gasteiger partial charge on any atom is -0.349 e. The zero-order chi connectivity index (χ0) is 20.8. The van der Waals surface area contributed by atoms with E-state index in [1.54, 1.807) is 12.1 Å². The number of hydrogen-bond acceptors (Lipinski definition) is 5. The van der Waals surface area contributed by atoms with Gasteiger partial charge in [0.1, 0.15) is 0 Å². The monoisotopic (exact) mass is 404 g/mol. The van der Waals surface area contributed by atoms with Gasteiger partial charge in [0.05, 0.1) is 0 Å². The number of likely N-dealkylation sites (tertiary alicyclic amines) is 1. The third-order valence-corrected chi connectivity index (χ3v) is 5.27. The summed E-state index contributed by atoms with van der Waals surface area (Å²) in [6.07, 6.45) is 2.26. The van der Waals surface area contributed by atoms with Gasteiger partial charge in [0, 0.05) is 43.1 Å². The average Bonchev–Trinajstić information content (AvgIpc) is 3.28. The molecule has 2 heterocycles. The van der Waals surface area contributed by atoms with Crippen LogP contribution in [0.4, 0.5) is 0 Å². The molecule has 154 valence electrons. The highest BCUT2D eigenvalue weighted by Crippen LogP contribution is 2.17. The Morgan fingerprint density at radius 1 is 1.00 bits per heavy atom. The highest BCUT2D eigenvalue weighted by molar-refractivity contribution is 5.94. The second-order valence-electron chi connectivity index (χ2n) is 7.37. The molecule has 0 atom stereocenters. The summed E-state index contributed by atoms with van der Waals surface area (Å²) in [5, 5.41) is 7.05. The fraction of sp³-hybridized carbons (Fsp3) is 0.304. The first-order valence-corrected chi connectivity index (χ1v) is 10.2. The molecular formula is C23H24N4O3. The second kappa shape index (κ2) is 9.35. The topological polar surface area (TPSA) is 88.3 Å². The van der Waals surface area contributed by atoms with E-state index >= 15 is 0 Å². The smallest absolute Gasteiger partial charge is 0.251 e.